The van der Waals surface area contributed by atoms with Crippen molar-refractivity contribution in [2.45, 2.75) is 49.3 Å². The average molecular weight is 387 g/mol. The number of thiazole rings is 1. The average Bonchev–Trinajstić information content (AvgIpc) is 3.35. The summed E-state index contributed by atoms with van der Waals surface area (Å²) in [7, 11) is 0. The fourth-order valence-corrected chi connectivity index (χ4v) is 8.60. The second-order valence-electron chi connectivity index (χ2n) is 7.94. The molecular formula is C21H26N2OS2. The van der Waals surface area contributed by atoms with Crippen LogP contribution >= 0.6 is 23.1 Å². The van der Waals surface area contributed by atoms with Crippen molar-refractivity contribution in [3.8, 4) is 0 Å². The van der Waals surface area contributed by atoms with Gasteiger partial charge in [0.15, 0.2) is 0 Å². The molecule has 2 aromatic rings. The third-order valence-corrected chi connectivity index (χ3v) is 9.47. The normalized spacial score (nSPS) is 31.7. The standard InChI is InChI=1S/C21H26N2OS2/c1-3-23(4-2)15-9-7-12(8-10-15)16-17-13-5-6-14(11-13)18(17)25-20-19(16)26-21(24)22-20/h7-10,13-14,16-18H,3-6,11H2,1-2H3,(H,22,24)/t13-,14-,16-,17+,18+/m0/s1. The smallest absolute Gasteiger partial charge is 0.305 e. The van der Waals surface area contributed by atoms with Crippen LogP contribution in [0.3, 0.4) is 0 Å². The van der Waals surface area contributed by atoms with Crippen molar-refractivity contribution in [2.24, 2.45) is 17.8 Å². The lowest BCUT2D eigenvalue weighted by molar-refractivity contribution is 0.307. The molecule has 2 aliphatic carbocycles. The minimum Gasteiger partial charge on any atom is -0.372 e. The molecule has 1 aromatic heterocycles. The summed E-state index contributed by atoms with van der Waals surface area (Å²) >= 11 is 3.42. The van der Waals surface area contributed by atoms with Crippen LogP contribution < -0.4 is 9.77 Å². The van der Waals surface area contributed by atoms with E-state index in [1.807, 2.05) is 11.8 Å². The molecule has 2 heterocycles. The molecule has 0 spiro atoms. The zero-order chi connectivity index (χ0) is 17.8. The van der Waals surface area contributed by atoms with Gasteiger partial charge in [-0.25, -0.2) is 0 Å². The molecule has 0 saturated heterocycles. The van der Waals surface area contributed by atoms with Gasteiger partial charge in [0.2, 0.25) is 0 Å². The van der Waals surface area contributed by atoms with Crippen LogP contribution in [0.15, 0.2) is 34.1 Å². The Labute approximate surface area is 163 Å². The minimum absolute atomic E-state index is 0.111. The van der Waals surface area contributed by atoms with Crippen molar-refractivity contribution in [3.63, 3.8) is 0 Å². The number of aromatic nitrogens is 1. The lowest BCUT2D eigenvalue weighted by Crippen LogP contribution is -2.33. The van der Waals surface area contributed by atoms with Crippen molar-refractivity contribution in [1.82, 2.24) is 4.98 Å². The summed E-state index contributed by atoms with van der Waals surface area (Å²) in [5.41, 5.74) is 2.70. The molecule has 138 valence electrons. The summed E-state index contributed by atoms with van der Waals surface area (Å²) in [6.07, 6.45) is 4.17. The number of rotatable bonds is 4. The predicted octanol–water partition coefficient (Wildman–Crippen LogP) is 4.93. The van der Waals surface area contributed by atoms with E-state index in [-0.39, 0.29) is 4.87 Å². The van der Waals surface area contributed by atoms with Gasteiger partial charge >= 0.3 is 4.87 Å². The summed E-state index contributed by atoms with van der Waals surface area (Å²) in [6.45, 7) is 6.49. The second-order valence-corrected chi connectivity index (χ2v) is 10.1. The number of H-pyrrole nitrogens is 1. The van der Waals surface area contributed by atoms with Crippen LogP contribution in [0.4, 0.5) is 5.69 Å². The number of thioether (sulfide) groups is 1. The van der Waals surface area contributed by atoms with Gasteiger partial charge in [-0.15, -0.1) is 11.8 Å². The van der Waals surface area contributed by atoms with E-state index in [1.54, 1.807) is 0 Å². The van der Waals surface area contributed by atoms with Crippen LogP contribution in [0.5, 0.6) is 0 Å². The van der Waals surface area contributed by atoms with E-state index in [9.17, 15) is 4.79 Å². The maximum atomic E-state index is 12.1. The number of aromatic amines is 1. The first-order valence-corrected chi connectivity index (χ1v) is 11.6. The van der Waals surface area contributed by atoms with Crippen molar-refractivity contribution < 1.29 is 0 Å². The van der Waals surface area contributed by atoms with Crippen LogP contribution in [0, 0.1) is 17.8 Å². The quantitative estimate of drug-likeness (QED) is 0.809. The molecular weight excluding hydrogens is 360 g/mol. The van der Waals surface area contributed by atoms with E-state index in [2.05, 4.69) is 48.0 Å². The van der Waals surface area contributed by atoms with E-state index in [0.717, 1.165) is 30.0 Å². The van der Waals surface area contributed by atoms with E-state index < -0.39 is 0 Å². The fourth-order valence-electron chi connectivity index (χ4n) is 5.70. The maximum absolute atomic E-state index is 12.1. The van der Waals surface area contributed by atoms with E-state index in [1.165, 1.54) is 46.7 Å². The van der Waals surface area contributed by atoms with Crippen molar-refractivity contribution >= 4 is 28.8 Å². The zero-order valence-electron chi connectivity index (χ0n) is 15.4. The number of nitrogens with zero attached hydrogens (tertiary/aromatic N) is 1. The highest BCUT2D eigenvalue weighted by atomic mass is 32.2. The molecule has 3 aliphatic rings. The van der Waals surface area contributed by atoms with E-state index in [0.29, 0.717) is 17.1 Å². The fraction of sp³-hybridized carbons (Fsp3) is 0.571. The van der Waals surface area contributed by atoms with Crippen LogP contribution in [-0.2, 0) is 0 Å². The minimum atomic E-state index is 0.111. The number of anilines is 1. The SMILES string of the molecule is CCN(CC)c1ccc([C@@H]2c3sc(=O)[nH]c3S[C@@H]3[C@H]4CC[C@@H](C4)[C@H]23)cc1. The summed E-state index contributed by atoms with van der Waals surface area (Å²) in [5, 5.41) is 1.85. The van der Waals surface area contributed by atoms with Gasteiger partial charge in [0.05, 0.1) is 5.03 Å². The Morgan fingerprint density at radius 3 is 2.58 bits per heavy atom. The topological polar surface area (TPSA) is 36.1 Å². The Hall–Kier alpha value is -1.20. The molecule has 1 aromatic carbocycles. The van der Waals surface area contributed by atoms with Gasteiger partial charge < -0.3 is 9.88 Å². The maximum Gasteiger partial charge on any atom is 0.305 e. The van der Waals surface area contributed by atoms with Crippen molar-refractivity contribution in [3.05, 3.63) is 44.4 Å². The molecule has 0 unspecified atom stereocenters. The molecule has 5 heteroatoms. The number of hydrogen-bond donors (Lipinski definition) is 1. The first-order chi connectivity index (χ1) is 12.7. The summed E-state index contributed by atoms with van der Waals surface area (Å²) < 4.78 is 0. The van der Waals surface area contributed by atoms with Gasteiger partial charge in [-0.1, -0.05) is 23.5 Å². The monoisotopic (exact) mass is 386 g/mol. The zero-order valence-corrected chi connectivity index (χ0v) is 17.0. The molecule has 0 radical (unpaired) electrons. The van der Waals surface area contributed by atoms with Crippen LogP contribution in [-0.4, -0.2) is 23.3 Å². The van der Waals surface area contributed by atoms with Gasteiger partial charge in [-0.3, -0.25) is 4.79 Å². The highest BCUT2D eigenvalue weighted by Crippen LogP contribution is 2.63. The number of hydrogen-bond acceptors (Lipinski definition) is 4. The van der Waals surface area contributed by atoms with Crippen LogP contribution in [0.25, 0.3) is 0 Å². The van der Waals surface area contributed by atoms with Gasteiger partial charge in [0.1, 0.15) is 0 Å². The molecule has 5 rings (SSSR count). The number of fused-ring (bicyclic) bond motifs is 6. The Kier molecular flexibility index (Phi) is 4.20. The number of nitrogens with one attached hydrogen (secondary N) is 1. The molecule has 2 saturated carbocycles. The lowest BCUT2D eigenvalue weighted by atomic mass is 9.75. The van der Waals surface area contributed by atoms with E-state index in [4.69, 9.17) is 0 Å². The Morgan fingerprint density at radius 2 is 1.85 bits per heavy atom. The Bertz CT molecular complexity index is 852. The molecule has 26 heavy (non-hydrogen) atoms. The lowest BCUT2D eigenvalue weighted by Gasteiger charge is -2.40. The molecule has 2 fully saturated rings. The largest absolute Gasteiger partial charge is 0.372 e. The van der Waals surface area contributed by atoms with Gasteiger partial charge in [0, 0.05) is 34.8 Å². The van der Waals surface area contributed by atoms with Gasteiger partial charge in [-0.2, -0.15) is 0 Å². The summed E-state index contributed by atoms with van der Waals surface area (Å²) in [5.74, 6) is 2.80. The third-order valence-electron chi connectivity index (χ3n) is 6.85. The van der Waals surface area contributed by atoms with Crippen molar-refractivity contribution in [2.75, 3.05) is 18.0 Å². The first-order valence-electron chi connectivity index (χ1n) is 9.94. The number of benzene rings is 1. The van der Waals surface area contributed by atoms with E-state index >= 15 is 0 Å². The predicted molar refractivity (Wildman–Crippen MR) is 111 cm³/mol. The van der Waals surface area contributed by atoms with Crippen LogP contribution in [0.1, 0.15) is 49.5 Å². The molecule has 3 nitrogen and oxygen atoms in total. The highest BCUT2D eigenvalue weighted by Gasteiger charge is 2.54. The van der Waals surface area contributed by atoms with Crippen LogP contribution in [0.2, 0.25) is 0 Å². The Morgan fingerprint density at radius 1 is 1.12 bits per heavy atom. The third kappa shape index (κ3) is 2.50. The summed E-state index contributed by atoms with van der Waals surface area (Å²) in [6, 6.07) is 9.21. The molecule has 1 aliphatic heterocycles. The van der Waals surface area contributed by atoms with Crippen molar-refractivity contribution in [1.29, 1.82) is 0 Å². The first kappa shape index (κ1) is 16.9. The summed E-state index contributed by atoms with van der Waals surface area (Å²) in [4.78, 5) is 19.0. The molecule has 0 amide bonds. The molecule has 2 bridgehead atoms. The van der Waals surface area contributed by atoms with Gasteiger partial charge in [0.25, 0.3) is 0 Å². The Balaban J connectivity index is 1.56. The van der Waals surface area contributed by atoms with Gasteiger partial charge in [-0.05, 0) is 68.6 Å². The second kappa shape index (κ2) is 6.45. The molecule has 5 atom stereocenters. The highest BCUT2D eigenvalue weighted by molar-refractivity contribution is 8.00. The molecule has 1 N–H and O–H groups in total.